The van der Waals surface area contributed by atoms with Crippen molar-refractivity contribution in [3.8, 4) is 0 Å². The van der Waals surface area contributed by atoms with Gasteiger partial charge in [-0.3, -0.25) is 4.79 Å². The highest BCUT2D eigenvalue weighted by Gasteiger charge is 2.10. The van der Waals surface area contributed by atoms with Crippen molar-refractivity contribution in [1.82, 2.24) is 4.98 Å². The third-order valence-corrected chi connectivity index (χ3v) is 1.91. The van der Waals surface area contributed by atoms with Crippen molar-refractivity contribution in [2.24, 2.45) is 11.5 Å². The number of carbonyl (C=O) groups excluding carboxylic acids is 1. The maximum absolute atomic E-state index is 10.5. The summed E-state index contributed by atoms with van der Waals surface area (Å²) in [7, 11) is 0. The number of hydrogen-bond donors (Lipinski definition) is 2. The molecule has 0 fully saturated rings. The van der Waals surface area contributed by atoms with Gasteiger partial charge in [0, 0.05) is 11.8 Å². The van der Waals surface area contributed by atoms with Gasteiger partial charge in [0.25, 0.3) is 0 Å². The molecule has 0 saturated carbocycles. The highest BCUT2D eigenvalue weighted by atomic mass is 32.1. The zero-order valence-corrected chi connectivity index (χ0v) is 6.67. The Bertz CT molecular complexity index is 234. The SMILES string of the molecule is NC(=O)[C@@H](N)Cc1cscn1. The van der Waals surface area contributed by atoms with Crippen molar-refractivity contribution in [2.45, 2.75) is 12.5 Å². The molecule has 11 heavy (non-hydrogen) atoms. The predicted molar refractivity (Wildman–Crippen MR) is 43.0 cm³/mol. The second kappa shape index (κ2) is 3.45. The van der Waals surface area contributed by atoms with Crippen LogP contribution >= 0.6 is 11.3 Å². The van der Waals surface area contributed by atoms with Crippen LogP contribution in [-0.2, 0) is 11.2 Å². The second-order valence-electron chi connectivity index (χ2n) is 2.19. The van der Waals surface area contributed by atoms with Gasteiger partial charge in [0.2, 0.25) is 5.91 Å². The van der Waals surface area contributed by atoms with Gasteiger partial charge in [-0.15, -0.1) is 11.3 Å². The first kappa shape index (κ1) is 8.16. The van der Waals surface area contributed by atoms with Crippen molar-refractivity contribution < 1.29 is 4.79 Å². The Hall–Kier alpha value is -0.940. The molecule has 0 saturated heterocycles. The van der Waals surface area contributed by atoms with E-state index in [1.54, 1.807) is 5.51 Å². The van der Waals surface area contributed by atoms with Crippen LogP contribution in [0.1, 0.15) is 5.69 Å². The average molecular weight is 171 g/mol. The topological polar surface area (TPSA) is 82.0 Å². The molecule has 1 atom stereocenters. The number of rotatable bonds is 3. The minimum absolute atomic E-state index is 0.429. The Morgan fingerprint density at radius 1 is 1.82 bits per heavy atom. The number of thiazole rings is 1. The van der Waals surface area contributed by atoms with E-state index in [-0.39, 0.29) is 0 Å². The molecule has 1 aromatic rings. The van der Waals surface area contributed by atoms with Crippen molar-refractivity contribution in [1.29, 1.82) is 0 Å². The summed E-state index contributed by atoms with van der Waals surface area (Å²) < 4.78 is 0. The number of carbonyl (C=O) groups is 1. The third kappa shape index (κ3) is 2.28. The number of aromatic nitrogens is 1. The van der Waals surface area contributed by atoms with Crippen LogP contribution in [0.3, 0.4) is 0 Å². The van der Waals surface area contributed by atoms with Gasteiger partial charge in [-0.2, -0.15) is 0 Å². The molecule has 60 valence electrons. The lowest BCUT2D eigenvalue weighted by atomic mass is 10.2. The van der Waals surface area contributed by atoms with Crippen LogP contribution in [0, 0.1) is 0 Å². The molecule has 4 nitrogen and oxygen atoms in total. The summed E-state index contributed by atoms with van der Waals surface area (Å²) in [6, 6.07) is -0.614. The standard InChI is InChI=1S/C6H9N3OS/c7-5(6(8)10)1-4-2-11-3-9-4/h2-3,5H,1,7H2,(H2,8,10)/t5-/m0/s1. The molecule has 0 spiro atoms. The Kier molecular flexibility index (Phi) is 2.56. The minimum atomic E-state index is -0.614. The molecule has 1 aromatic heterocycles. The monoisotopic (exact) mass is 171 g/mol. The molecule has 1 rings (SSSR count). The highest BCUT2D eigenvalue weighted by molar-refractivity contribution is 7.07. The zero-order chi connectivity index (χ0) is 8.27. The number of primary amides is 1. The fourth-order valence-corrected chi connectivity index (χ4v) is 1.24. The van der Waals surface area contributed by atoms with E-state index in [0.717, 1.165) is 5.69 Å². The molecule has 4 N–H and O–H groups in total. The van der Waals surface area contributed by atoms with Crippen molar-refractivity contribution in [3.63, 3.8) is 0 Å². The second-order valence-corrected chi connectivity index (χ2v) is 2.91. The summed E-state index contributed by atoms with van der Waals surface area (Å²) in [6.45, 7) is 0. The van der Waals surface area contributed by atoms with E-state index in [1.165, 1.54) is 11.3 Å². The van der Waals surface area contributed by atoms with Crippen LogP contribution in [0.15, 0.2) is 10.9 Å². The molecule has 5 heteroatoms. The van der Waals surface area contributed by atoms with E-state index in [4.69, 9.17) is 11.5 Å². The summed E-state index contributed by atoms with van der Waals surface area (Å²) in [5.41, 5.74) is 12.9. The Morgan fingerprint density at radius 2 is 2.55 bits per heavy atom. The fourth-order valence-electron chi connectivity index (χ4n) is 0.664. The molecule has 0 aliphatic carbocycles. The molecule has 0 bridgehead atoms. The van der Waals surface area contributed by atoms with Gasteiger partial charge in [0.1, 0.15) is 0 Å². The van der Waals surface area contributed by atoms with Gasteiger partial charge in [0.05, 0.1) is 17.2 Å². The Morgan fingerprint density at radius 3 is 3.00 bits per heavy atom. The predicted octanol–water partition coefficient (Wildman–Crippen LogP) is -0.502. The van der Waals surface area contributed by atoms with E-state index in [1.807, 2.05) is 5.38 Å². The van der Waals surface area contributed by atoms with E-state index in [0.29, 0.717) is 6.42 Å². The lowest BCUT2D eigenvalue weighted by Crippen LogP contribution is -2.38. The molecule has 0 aromatic carbocycles. The largest absolute Gasteiger partial charge is 0.368 e. The van der Waals surface area contributed by atoms with Crippen LogP contribution < -0.4 is 11.5 Å². The van der Waals surface area contributed by atoms with E-state index in [9.17, 15) is 4.79 Å². The van der Waals surface area contributed by atoms with Gasteiger partial charge in [0.15, 0.2) is 0 Å². The van der Waals surface area contributed by atoms with Crippen molar-refractivity contribution in [2.75, 3.05) is 0 Å². The highest BCUT2D eigenvalue weighted by Crippen LogP contribution is 2.02. The maximum Gasteiger partial charge on any atom is 0.234 e. The van der Waals surface area contributed by atoms with Crippen molar-refractivity contribution in [3.05, 3.63) is 16.6 Å². The van der Waals surface area contributed by atoms with Gasteiger partial charge in [-0.05, 0) is 0 Å². The first-order valence-corrected chi connectivity index (χ1v) is 4.06. The van der Waals surface area contributed by atoms with Crippen LogP contribution in [0.4, 0.5) is 0 Å². The molecule has 1 heterocycles. The van der Waals surface area contributed by atoms with Crippen molar-refractivity contribution >= 4 is 17.2 Å². The van der Waals surface area contributed by atoms with Crippen LogP contribution in [0.2, 0.25) is 0 Å². The molecular weight excluding hydrogens is 162 g/mol. The normalized spacial score (nSPS) is 12.8. The summed E-state index contributed by atoms with van der Waals surface area (Å²) in [4.78, 5) is 14.5. The zero-order valence-electron chi connectivity index (χ0n) is 5.86. The summed E-state index contributed by atoms with van der Waals surface area (Å²) in [5.74, 6) is -0.488. The lowest BCUT2D eigenvalue weighted by molar-refractivity contribution is -0.119. The fraction of sp³-hybridized carbons (Fsp3) is 0.333. The number of nitrogens with two attached hydrogens (primary N) is 2. The molecule has 1 amide bonds. The first-order chi connectivity index (χ1) is 5.20. The molecular formula is C6H9N3OS. The molecule has 0 radical (unpaired) electrons. The first-order valence-electron chi connectivity index (χ1n) is 3.12. The van der Waals surface area contributed by atoms with E-state index < -0.39 is 11.9 Å². The van der Waals surface area contributed by atoms with Crippen LogP contribution in [0.25, 0.3) is 0 Å². The van der Waals surface area contributed by atoms with Gasteiger partial charge < -0.3 is 11.5 Å². The molecule has 0 aliphatic heterocycles. The molecule has 0 aliphatic rings. The summed E-state index contributed by atoms with van der Waals surface area (Å²) >= 11 is 1.47. The maximum atomic E-state index is 10.5. The molecule has 0 unspecified atom stereocenters. The van der Waals surface area contributed by atoms with Gasteiger partial charge in [-0.25, -0.2) is 4.98 Å². The lowest BCUT2D eigenvalue weighted by Gasteiger charge is -2.02. The summed E-state index contributed by atoms with van der Waals surface area (Å²) in [5, 5.41) is 1.85. The number of amides is 1. The summed E-state index contributed by atoms with van der Waals surface area (Å²) in [6.07, 6.45) is 0.429. The third-order valence-electron chi connectivity index (χ3n) is 1.28. The van der Waals surface area contributed by atoms with E-state index in [2.05, 4.69) is 4.98 Å². The Labute approximate surface area is 68.2 Å². The van der Waals surface area contributed by atoms with Crippen LogP contribution in [0.5, 0.6) is 0 Å². The Balaban J connectivity index is 2.50. The quantitative estimate of drug-likeness (QED) is 0.643. The minimum Gasteiger partial charge on any atom is -0.368 e. The average Bonchev–Trinajstić information content (AvgIpc) is 2.39. The number of nitrogens with zero attached hydrogens (tertiary/aromatic N) is 1. The van der Waals surface area contributed by atoms with Gasteiger partial charge >= 0.3 is 0 Å². The van der Waals surface area contributed by atoms with E-state index >= 15 is 0 Å². The smallest absolute Gasteiger partial charge is 0.234 e. The van der Waals surface area contributed by atoms with Crippen LogP contribution in [-0.4, -0.2) is 16.9 Å². The van der Waals surface area contributed by atoms with Gasteiger partial charge in [-0.1, -0.05) is 0 Å². The number of hydrogen-bond acceptors (Lipinski definition) is 4.